The number of aromatic hydroxyl groups is 1. The van der Waals surface area contributed by atoms with Gasteiger partial charge in [-0.3, -0.25) is 4.79 Å². The first kappa shape index (κ1) is 12.8. The van der Waals surface area contributed by atoms with Crippen molar-refractivity contribution < 1.29 is 19.0 Å². The van der Waals surface area contributed by atoms with Crippen LogP contribution in [0.3, 0.4) is 0 Å². The molecule has 0 aromatic heterocycles. The van der Waals surface area contributed by atoms with E-state index in [4.69, 9.17) is 4.74 Å². The summed E-state index contributed by atoms with van der Waals surface area (Å²) in [5.41, 5.74) is 0.0706. The number of ether oxygens (including phenoxy) is 1. The van der Waals surface area contributed by atoms with Crippen LogP contribution in [-0.4, -0.2) is 29.8 Å². The van der Waals surface area contributed by atoms with E-state index in [1.807, 2.05) is 6.92 Å². The van der Waals surface area contributed by atoms with Crippen molar-refractivity contribution in [2.24, 2.45) is 0 Å². The Kier molecular flexibility index (Phi) is 3.81. The van der Waals surface area contributed by atoms with Crippen molar-refractivity contribution in [3.05, 3.63) is 29.6 Å². The van der Waals surface area contributed by atoms with Crippen molar-refractivity contribution in [1.82, 2.24) is 5.32 Å². The van der Waals surface area contributed by atoms with E-state index in [9.17, 15) is 14.3 Å². The zero-order valence-corrected chi connectivity index (χ0v) is 10.1. The predicted molar refractivity (Wildman–Crippen MR) is 64.0 cm³/mol. The maximum Gasteiger partial charge on any atom is 0.255 e. The van der Waals surface area contributed by atoms with Crippen LogP contribution in [0.4, 0.5) is 4.39 Å². The van der Waals surface area contributed by atoms with Crippen LogP contribution in [0, 0.1) is 5.82 Å². The molecule has 4 nitrogen and oxygen atoms in total. The topological polar surface area (TPSA) is 58.6 Å². The fourth-order valence-electron chi connectivity index (χ4n) is 2.07. The Bertz CT molecular complexity index is 444. The number of phenolic OH excluding ortho intramolecular Hbond substituents is 1. The Hall–Kier alpha value is -1.62. The van der Waals surface area contributed by atoms with E-state index in [2.05, 4.69) is 5.32 Å². The third-order valence-corrected chi connectivity index (χ3v) is 3.09. The molecule has 1 aromatic rings. The number of phenols is 1. The summed E-state index contributed by atoms with van der Waals surface area (Å²) in [5, 5.41) is 12.3. The van der Waals surface area contributed by atoms with Crippen molar-refractivity contribution in [2.45, 2.75) is 31.9 Å². The second-order valence-electron chi connectivity index (χ2n) is 4.48. The normalized spacial score (nSPS) is 20.7. The van der Waals surface area contributed by atoms with Crippen LogP contribution in [0.15, 0.2) is 18.2 Å². The quantitative estimate of drug-likeness (QED) is 0.864. The Balaban J connectivity index is 2.02. The summed E-state index contributed by atoms with van der Waals surface area (Å²) < 4.78 is 18.3. The van der Waals surface area contributed by atoms with Crippen LogP contribution < -0.4 is 5.32 Å². The molecule has 1 aliphatic rings. The van der Waals surface area contributed by atoms with E-state index in [1.54, 1.807) is 0 Å². The van der Waals surface area contributed by atoms with Gasteiger partial charge in [0.1, 0.15) is 11.6 Å². The molecule has 2 unspecified atom stereocenters. The maximum atomic E-state index is 12.8. The minimum Gasteiger partial charge on any atom is -0.507 e. The molecule has 98 valence electrons. The Morgan fingerprint density at radius 3 is 3.00 bits per heavy atom. The summed E-state index contributed by atoms with van der Waals surface area (Å²) in [7, 11) is 0. The van der Waals surface area contributed by atoms with Crippen molar-refractivity contribution in [3.63, 3.8) is 0 Å². The highest BCUT2D eigenvalue weighted by molar-refractivity contribution is 5.96. The number of hydrogen-bond acceptors (Lipinski definition) is 3. The molecule has 2 atom stereocenters. The Labute approximate surface area is 105 Å². The summed E-state index contributed by atoms with van der Waals surface area (Å²) in [6.45, 7) is 2.57. The van der Waals surface area contributed by atoms with Gasteiger partial charge in [0.15, 0.2) is 0 Å². The van der Waals surface area contributed by atoms with Gasteiger partial charge >= 0.3 is 0 Å². The van der Waals surface area contributed by atoms with E-state index >= 15 is 0 Å². The molecule has 1 fully saturated rings. The summed E-state index contributed by atoms with van der Waals surface area (Å²) in [6, 6.07) is 3.20. The van der Waals surface area contributed by atoms with Crippen molar-refractivity contribution in [2.75, 3.05) is 6.61 Å². The predicted octanol–water partition coefficient (Wildman–Crippen LogP) is 1.83. The molecule has 1 amide bonds. The number of hydrogen-bond donors (Lipinski definition) is 2. The van der Waals surface area contributed by atoms with E-state index in [0.717, 1.165) is 25.0 Å². The van der Waals surface area contributed by atoms with Crippen LogP contribution in [0.1, 0.15) is 30.1 Å². The fourth-order valence-corrected chi connectivity index (χ4v) is 2.07. The van der Waals surface area contributed by atoms with E-state index in [1.165, 1.54) is 6.07 Å². The van der Waals surface area contributed by atoms with Gasteiger partial charge in [0.25, 0.3) is 5.91 Å². The van der Waals surface area contributed by atoms with Crippen LogP contribution in [0.2, 0.25) is 0 Å². The molecule has 1 aromatic carbocycles. The zero-order valence-electron chi connectivity index (χ0n) is 10.1. The van der Waals surface area contributed by atoms with E-state index in [-0.39, 0.29) is 23.5 Å². The number of halogens is 1. The standard InChI is InChI=1S/C13H16FNO3/c1-8(12-3-2-6-18-12)15-13(17)10-5-4-9(14)7-11(10)16/h4-5,7-8,12,16H,2-3,6H2,1H3,(H,15,17). The number of benzene rings is 1. The molecular formula is C13H16FNO3. The molecule has 2 rings (SSSR count). The number of rotatable bonds is 3. The highest BCUT2D eigenvalue weighted by atomic mass is 19.1. The zero-order chi connectivity index (χ0) is 13.1. The maximum absolute atomic E-state index is 12.8. The van der Waals surface area contributed by atoms with Crippen LogP contribution >= 0.6 is 0 Å². The van der Waals surface area contributed by atoms with Gasteiger partial charge in [-0.25, -0.2) is 4.39 Å². The van der Waals surface area contributed by atoms with Gasteiger partial charge in [-0.15, -0.1) is 0 Å². The molecule has 0 saturated carbocycles. The van der Waals surface area contributed by atoms with Gasteiger partial charge in [0.05, 0.1) is 17.7 Å². The first-order chi connectivity index (χ1) is 8.58. The molecule has 5 heteroatoms. The van der Waals surface area contributed by atoms with Crippen LogP contribution in [0.25, 0.3) is 0 Å². The van der Waals surface area contributed by atoms with Crippen LogP contribution in [-0.2, 0) is 4.74 Å². The van der Waals surface area contributed by atoms with Crippen molar-refractivity contribution >= 4 is 5.91 Å². The summed E-state index contributed by atoms with van der Waals surface area (Å²) in [6.07, 6.45) is 1.92. The lowest BCUT2D eigenvalue weighted by atomic mass is 10.1. The molecule has 1 aliphatic heterocycles. The molecular weight excluding hydrogens is 237 g/mol. The number of carbonyl (C=O) groups is 1. The lowest BCUT2D eigenvalue weighted by Crippen LogP contribution is -2.40. The lowest BCUT2D eigenvalue weighted by molar-refractivity contribution is 0.0711. The van der Waals surface area contributed by atoms with Crippen LogP contribution in [0.5, 0.6) is 5.75 Å². The molecule has 1 saturated heterocycles. The summed E-state index contributed by atoms with van der Waals surface area (Å²) in [5.74, 6) is -1.35. The molecule has 0 bridgehead atoms. The second-order valence-corrected chi connectivity index (χ2v) is 4.48. The minimum absolute atomic E-state index is 0.0107. The average Bonchev–Trinajstić information content (AvgIpc) is 2.81. The Morgan fingerprint density at radius 2 is 2.39 bits per heavy atom. The summed E-state index contributed by atoms with van der Waals surface area (Å²) >= 11 is 0. The largest absolute Gasteiger partial charge is 0.507 e. The number of carbonyl (C=O) groups excluding carboxylic acids is 1. The molecule has 0 aliphatic carbocycles. The smallest absolute Gasteiger partial charge is 0.255 e. The fraction of sp³-hybridized carbons (Fsp3) is 0.462. The summed E-state index contributed by atoms with van der Waals surface area (Å²) in [4.78, 5) is 11.9. The van der Waals surface area contributed by atoms with Gasteiger partial charge in [-0.05, 0) is 31.9 Å². The van der Waals surface area contributed by atoms with Gasteiger partial charge in [-0.2, -0.15) is 0 Å². The molecule has 1 heterocycles. The third-order valence-electron chi connectivity index (χ3n) is 3.09. The number of amides is 1. The van der Waals surface area contributed by atoms with E-state index in [0.29, 0.717) is 6.61 Å². The first-order valence-corrected chi connectivity index (χ1v) is 5.99. The highest BCUT2D eigenvalue weighted by Crippen LogP contribution is 2.19. The third kappa shape index (κ3) is 2.79. The van der Waals surface area contributed by atoms with Crippen molar-refractivity contribution in [1.29, 1.82) is 0 Å². The van der Waals surface area contributed by atoms with E-state index < -0.39 is 11.7 Å². The monoisotopic (exact) mass is 253 g/mol. The average molecular weight is 253 g/mol. The molecule has 2 N–H and O–H groups in total. The second kappa shape index (κ2) is 5.35. The number of nitrogens with one attached hydrogen (secondary N) is 1. The van der Waals surface area contributed by atoms with Gasteiger partial charge in [-0.1, -0.05) is 0 Å². The minimum atomic E-state index is -0.573. The first-order valence-electron chi connectivity index (χ1n) is 5.99. The Morgan fingerprint density at radius 1 is 1.61 bits per heavy atom. The van der Waals surface area contributed by atoms with Gasteiger partial charge in [0, 0.05) is 12.7 Å². The molecule has 0 radical (unpaired) electrons. The molecule has 0 spiro atoms. The highest BCUT2D eigenvalue weighted by Gasteiger charge is 2.24. The van der Waals surface area contributed by atoms with Gasteiger partial charge in [0.2, 0.25) is 0 Å². The SMILES string of the molecule is CC(NC(=O)c1ccc(F)cc1O)C1CCCO1. The van der Waals surface area contributed by atoms with Crippen molar-refractivity contribution in [3.8, 4) is 5.75 Å². The molecule has 18 heavy (non-hydrogen) atoms. The van der Waals surface area contributed by atoms with Gasteiger partial charge < -0.3 is 15.2 Å². The lowest BCUT2D eigenvalue weighted by Gasteiger charge is -2.20.